The van der Waals surface area contributed by atoms with E-state index >= 15 is 0 Å². The average molecular weight is 476 g/mol. The maximum absolute atomic E-state index is 13.0. The normalized spacial score (nSPS) is 11.0. The Hall–Kier alpha value is -4.00. The minimum Gasteiger partial charge on any atom is -0.497 e. The van der Waals surface area contributed by atoms with Crippen LogP contribution in [0.25, 0.3) is 0 Å². The summed E-state index contributed by atoms with van der Waals surface area (Å²) in [6, 6.07) is 21.9. The summed E-state index contributed by atoms with van der Waals surface area (Å²) in [7, 11) is 3.23. The maximum atomic E-state index is 13.0. The first kappa shape index (κ1) is 25.6. The van der Waals surface area contributed by atoms with Gasteiger partial charge in [0.05, 0.1) is 32.4 Å². The van der Waals surface area contributed by atoms with E-state index in [0.29, 0.717) is 11.3 Å². The molecule has 0 spiro atoms. The quantitative estimate of drug-likeness (QED) is 0.423. The van der Waals surface area contributed by atoms with Crippen molar-refractivity contribution in [3.63, 3.8) is 0 Å². The second-order valence-electron chi connectivity index (χ2n) is 9.15. The molecule has 0 unspecified atom stereocenters. The summed E-state index contributed by atoms with van der Waals surface area (Å²) in [4.78, 5) is 25.7. The van der Waals surface area contributed by atoms with Gasteiger partial charge in [0.2, 0.25) is 5.91 Å². The Balaban J connectivity index is 1.76. The van der Waals surface area contributed by atoms with Gasteiger partial charge in [-0.3, -0.25) is 9.59 Å². The molecule has 3 aromatic carbocycles. The van der Waals surface area contributed by atoms with E-state index in [1.807, 2.05) is 75.4 Å². The van der Waals surface area contributed by atoms with E-state index in [1.165, 1.54) is 0 Å². The third-order valence-electron chi connectivity index (χ3n) is 5.30. The highest BCUT2D eigenvalue weighted by atomic mass is 16.5. The summed E-state index contributed by atoms with van der Waals surface area (Å²) < 4.78 is 10.5. The van der Waals surface area contributed by atoms with Crippen LogP contribution in [0.2, 0.25) is 0 Å². The van der Waals surface area contributed by atoms with Gasteiger partial charge in [0.25, 0.3) is 5.91 Å². The summed E-state index contributed by atoms with van der Waals surface area (Å²) in [5.41, 5.74) is 2.53. The van der Waals surface area contributed by atoms with Gasteiger partial charge < -0.3 is 25.4 Å². The van der Waals surface area contributed by atoms with E-state index < -0.39 is 0 Å². The van der Waals surface area contributed by atoms with E-state index in [0.717, 1.165) is 22.6 Å². The predicted octanol–water partition coefficient (Wildman–Crippen LogP) is 4.55. The number of carbonyl (C=O) groups excluding carboxylic acids is 2. The van der Waals surface area contributed by atoms with Crippen LogP contribution in [0.3, 0.4) is 0 Å². The van der Waals surface area contributed by atoms with Crippen LogP contribution >= 0.6 is 0 Å². The highest BCUT2D eigenvalue weighted by Crippen LogP contribution is 2.26. The maximum Gasteiger partial charge on any atom is 0.253 e. The molecule has 184 valence electrons. The number of anilines is 1. The van der Waals surface area contributed by atoms with Crippen LogP contribution in [0.15, 0.2) is 72.8 Å². The van der Waals surface area contributed by atoms with Crippen LogP contribution in [0.5, 0.6) is 11.5 Å². The van der Waals surface area contributed by atoms with Crippen molar-refractivity contribution in [1.82, 2.24) is 10.6 Å². The Bertz CT molecular complexity index is 1090. The van der Waals surface area contributed by atoms with Gasteiger partial charge in [-0.15, -0.1) is 0 Å². The molecule has 0 aromatic heterocycles. The lowest BCUT2D eigenvalue weighted by atomic mass is 9.98. The highest BCUT2D eigenvalue weighted by molar-refractivity contribution is 6.00. The highest BCUT2D eigenvalue weighted by Gasteiger charge is 2.20. The molecule has 7 nitrogen and oxygen atoms in total. The molecule has 0 aliphatic rings. The van der Waals surface area contributed by atoms with Crippen molar-refractivity contribution in [3.05, 3.63) is 89.5 Å². The van der Waals surface area contributed by atoms with Crippen LogP contribution < -0.4 is 25.4 Å². The molecule has 0 bridgehead atoms. The van der Waals surface area contributed by atoms with Crippen LogP contribution in [0.4, 0.5) is 5.69 Å². The first-order chi connectivity index (χ1) is 16.7. The smallest absolute Gasteiger partial charge is 0.253 e. The summed E-state index contributed by atoms with van der Waals surface area (Å²) >= 11 is 0. The minimum absolute atomic E-state index is 0.00260. The van der Waals surface area contributed by atoms with Crippen molar-refractivity contribution >= 4 is 17.5 Å². The Morgan fingerprint density at radius 1 is 0.800 bits per heavy atom. The van der Waals surface area contributed by atoms with Crippen LogP contribution in [-0.4, -0.2) is 38.1 Å². The predicted molar refractivity (Wildman–Crippen MR) is 138 cm³/mol. The third-order valence-corrected chi connectivity index (χ3v) is 5.30. The van der Waals surface area contributed by atoms with E-state index in [-0.39, 0.29) is 29.9 Å². The van der Waals surface area contributed by atoms with Gasteiger partial charge in [0, 0.05) is 11.2 Å². The van der Waals surface area contributed by atoms with E-state index in [1.54, 1.807) is 32.4 Å². The standard InChI is InChI=1S/C28H33N3O4/c1-28(2,3)31-27(33)23-8-6-7-9-24(23)29-18-25(32)30-26(19-10-14-21(34-4)15-11-19)20-12-16-22(35-5)17-13-20/h6-17,26,29H,18H2,1-5H3,(H,30,32)(H,31,33). The van der Waals surface area contributed by atoms with E-state index in [2.05, 4.69) is 16.0 Å². The first-order valence-electron chi connectivity index (χ1n) is 11.4. The number of nitrogens with one attached hydrogen (secondary N) is 3. The average Bonchev–Trinajstić information content (AvgIpc) is 2.85. The molecule has 0 saturated heterocycles. The van der Waals surface area contributed by atoms with Crippen LogP contribution in [0.1, 0.15) is 48.3 Å². The fourth-order valence-corrected chi connectivity index (χ4v) is 3.58. The van der Waals surface area contributed by atoms with E-state index in [4.69, 9.17) is 9.47 Å². The molecule has 3 N–H and O–H groups in total. The minimum atomic E-state index is -0.374. The van der Waals surface area contributed by atoms with Crippen LogP contribution in [0, 0.1) is 0 Å². The van der Waals surface area contributed by atoms with Crippen molar-refractivity contribution in [2.45, 2.75) is 32.4 Å². The lowest BCUT2D eigenvalue weighted by Crippen LogP contribution is -2.41. The Morgan fingerprint density at radius 2 is 1.31 bits per heavy atom. The number of amides is 2. The fourth-order valence-electron chi connectivity index (χ4n) is 3.58. The van der Waals surface area contributed by atoms with Crippen molar-refractivity contribution in [2.75, 3.05) is 26.1 Å². The second-order valence-corrected chi connectivity index (χ2v) is 9.15. The number of ether oxygens (including phenoxy) is 2. The Morgan fingerprint density at radius 3 is 1.80 bits per heavy atom. The zero-order valence-corrected chi connectivity index (χ0v) is 20.8. The molecule has 2 amide bonds. The number of hydrogen-bond donors (Lipinski definition) is 3. The van der Waals surface area contributed by atoms with Crippen molar-refractivity contribution < 1.29 is 19.1 Å². The number of methoxy groups -OCH3 is 2. The molecule has 0 aliphatic carbocycles. The molecule has 3 aromatic rings. The van der Waals surface area contributed by atoms with Gasteiger partial charge >= 0.3 is 0 Å². The zero-order chi connectivity index (χ0) is 25.4. The monoisotopic (exact) mass is 475 g/mol. The molecular weight excluding hydrogens is 442 g/mol. The number of hydrogen-bond acceptors (Lipinski definition) is 5. The Kier molecular flexibility index (Phi) is 8.36. The largest absolute Gasteiger partial charge is 0.497 e. The first-order valence-corrected chi connectivity index (χ1v) is 11.4. The van der Waals surface area contributed by atoms with Gasteiger partial charge in [-0.1, -0.05) is 36.4 Å². The van der Waals surface area contributed by atoms with Crippen molar-refractivity contribution in [2.24, 2.45) is 0 Å². The summed E-state index contributed by atoms with van der Waals surface area (Å²) in [6.45, 7) is 5.77. The number of rotatable bonds is 9. The van der Waals surface area contributed by atoms with Gasteiger partial charge in [0.15, 0.2) is 0 Å². The summed E-state index contributed by atoms with van der Waals surface area (Å²) in [5, 5.41) is 9.17. The van der Waals surface area contributed by atoms with Gasteiger partial charge in [-0.05, 0) is 68.3 Å². The summed E-state index contributed by atoms with van der Waals surface area (Å²) in [5.74, 6) is 1.06. The zero-order valence-electron chi connectivity index (χ0n) is 20.8. The van der Waals surface area contributed by atoms with Gasteiger partial charge in [-0.2, -0.15) is 0 Å². The number of carbonyl (C=O) groups is 2. The van der Waals surface area contributed by atoms with Gasteiger partial charge in [-0.25, -0.2) is 0 Å². The fraction of sp³-hybridized carbons (Fsp3) is 0.286. The molecule has 7 heteroatoms. The van der Waals surface area contributed by atoms with Crippen LogP contribution in [-0.2, 0) is 4.79 Å². The molecule has 0 heterocycles. The number of para-hydroxylation sites is 1. The molecular formula is C28H33N3O4. The van der Waals surface area contributed by atoms with Crippen molar-refractivity contribution in [1.29, 1.82) is 0 Å². The lowest BCUT2D eigenvalue weighted by molar-refractivity contribution is -0.119. The summed E-state index contributed by atoms with van der Waals surface area (Å²) in [6.07, 6.45) is 0. The molecule has 3 rings (SSSR count). The molecule has 0 radical (unpaired) electrons. The number of benzene rings is 3. The molecule has 0 saturated carbocycles. The molecule has 35 heavy (non-hydrogen) atoms. The van der Waals surface area contributed by atoms with Crippen molar-refractivity contribution in [3.8, 4) is 11.5 Å². The molecule has 0 fully saturated rings. The van der Waals surface area contributed by atoms with E-state index in [9.17, 15) is 9.59 Å². The SMILES string of the molecule is COc1ccc(C(NC(=O)CNc2ccccc2C(=O)NC(C)(C)C)c2ccc(OC)cc2)cc1. The third kappa shape index (κ3) is 7.24. The topological polar surface area (TPSA) is 88.7 Å². The Labute approximate surface area is 206 Å². The second kappa shape index (κ2) is 11.4. The molecule has 0 aliphatic heterocycles. The lowest BCUT2D eigenvalue weighted by Gasteiger charge is -2.22. The molecule has 0 atom stereocenters. The van der Waals surface area contributed by atoms with Gasteiger partial charge in [0.1, 0.15) is 11.5 Å².